The summed E-state index contributed by atoms with van der Waals surface area (Å²) in [5.41, 5.74) is 1.000. The Balaban J connectivity index is 1.47. The van der Waals surface area contributed by atoms with Crippen LogP contribution in [0.5, 0.6) is 5.75 Å². The quantitative estimate of drug-likeness (QED) is 0.494. The first-order chi connectivity index (χ1) is 17.7. The number of benzene rings is 1. The van der Waals surface area contributed by atoms with Crippen molar-refractivity contribution >= 4 is 23.3 Å². The minimum absolute atomic E-state index is 0.00536. The second-order valence-corrected chi connectivity index (χ2v) is 8.39. The van der Waals surface area contributed by atoms with E-state index in [1.54, 1.807) is 30.6 Å². The minimum atomic E-state index is -4.98. The van der Waals surface area contributed by atoms with Gasteiger partial charge in [0.15, 0.2) is 11.6 Å². The van der Waals surface area contributed by atoms with Gasteiger partial charge in [0.2, 0.25) is 5.91 Å². The monoisotopic (exact) mass is 515 g/mol. The maximum Gasteiger partial charge on any atom is 0.573 e. The average molecular weight is 515 g/mol. The minimum Gasteiger partial charge on any atom is -0.404 e. The van der Waals surface area contributed by atoms with Crippen LogP contribution in [0.2, 0.25) is 0 Å². The second-order valence-electron chi connectivity index (χ2n) is 8.39. The van der Waals surface area contributed by atoms with E-state index in [9.17, 15) is 22.8 Å². The Bertz CT molecular complexity index is 1230. The largest absolute Gasteiger partial charge is 0.573 e. The van der Waals surface area contributed by atoms with Gasteiger partial charge < -0.3 is 20.3 Å². The normalized spacial score (nSPS) is 14.7. The van der Waals surface area contributed by atoms with E-state index in [1.807, 2.05) is 11.9 Å². The lowest BCUT2D eigenvalue weighted by Gasteiger charge is -2.31. The second kappa shape index (κ2) is 11.3. The number of amides is 2. The molecule has 4 rings (SSSR count). The molecule has 0 saturated carbocycles. The van der Waals surface area contributed by atoms with E-state index in [4.69, 9.17) is 0 Å². The van der Waals surface area contributed by atoms with E-state index >= 15 is 0 Å². The summed E-state index contributed by atoms with van der Waals surface area (Å²) in [4.78, 5) is 33.4. The lowest BCUT2D eigenvalue weighted by atomic mass is 10.1. The first-order valence-electron chi connectivity index (χ1n) is 11.3. The van der Waals surface area contributed by atoms with Crippen molar-refractivity contribution < 1.29 is 27.5 Å². The van der Waals surface area contributed by atoms with Crippen LogP contribution in [0.4, 0.5) is 24.7 Å². The fraction of sp³-hybridized carbons (Fsp3) is 0.292. The molecule has 1 aliphatic heterocycles. The molecule has 0 bridgehead atoms. The van der Waals surface area contributed by atoms with E-state index in [1.165, 1.54) is 6.07 Å². The summed E-state index contributed by atoms with van der Waals surface area (Å²) in [6.45, 7) is 2.85. The fourth-order valence-corrected chi connectivity index (χ4v) is 3.64. The van der Waals surface area contributed by atoms with E-state index in [0.29, 0.717) is 18.8 Å². The molecule has 1 saturated heterocycles. The van der Waals surface area contributed by atoms with Crippen LogP contribution in [0, 0.1) is 0 Å². The third kappa shape index (κ3) is 7.44. The molecule has 3 heterocycles. The number of rotatable bonds is 7. The number of carbonyl (C=O) groups excluding carboxylic acids is 2. The SMILES string of the molecule is CN1CCN(CC(=O)Nc2cc(C(=O)Nc3ccc(-c4cccnc4)nn3)ccc2OC(F)(F)F)CC1. The standard InChI is InChI=1S/C24H24F3N7O3/c1-33-9-11-34(12-10-33)15-22(35)29-19-13-16(4-6-20(19)37-24(25,26)27)23(36)30-21-7-5-18(31-32-21)17-3-2-8-28-14-17/h2-8,13-14H,9-12,15H2,1H3,(H,29,35)(H,30,32,36). The van der Waals surface area contributed by atoms with Gasteiger partial charge >= 0.3 is 6.36 Å². The van der Waals surface area contributed by atoms with Crippen LogP contribution in [-0.2, 0) is 4.79 Å². The number of anilines is 2. The van der Waals surface area contributed by atoms with E-state index in [2.05, 4.69) is 35.5 Å². The first kappa shape index (κ1) is 26.0. The highest BCUT2D eigenvalue weighted by atomic mass is 19.4. The molecule has 0 spiro atoms. The Kier molecular flexibility index (Phi) is 7.94. The molecule has 0 unspecified atom stereocenters. The third-order valence-electron chi connectivity index (χ3n) is 5.57. The Labute approximate surface area is 210 Å². The number of ether oxygens (including phenoxy) is 1. The highest BCUT2D eigenvalue weighted by Gasteiger charge is 2.32. The molecular formula is C24H24F3N7O3. The van der Waals surface area contributed by atoms with E-state index < -0.39 is 23.9 Å². The van der Waals surface area contributed by atoms with Gasteiger partial charge in [0, 0.05) is 49.7 Å². The highest BCUT2D eigenvalue weighted by Crippen LogP contribution is 2.31. The summed E-state index contributed by atoms with van der Waals surface area (Å²) < 4.78 is 42.8. The van der Waals surface area contributed by atoms with Gasteiger partial charge in [-0.2, -0.15) is 0 Å². The molecule has 2 N–H and O–H groups in total. The van der Waals surface area contributed by atoms with Crippen LogP contribution >= 0.6 is 0 Å². The lowest BCUT2D eigenvalue weighted by Crippen LogP contribution is -2.47. The molecule has 3 aromatic rings. The predicted molar refractivity (Wildman–Crippen MR) is 129 cm³/mol. The van der Waals surface area contributed by atoms with Gasteiger partial charge in [-0.15, -0.1) is 23.4 Å². The number of hydrogen-bond acceptors (Lipinski definition) is 8. The zero-order valence-corrected chi connectivity index (χ0v) is 19.8. The van der Waals surface area contributed by atoms with Gasteiger partial charge in [0.25, 0.3) is 5.91 Å². The van der Waals surface area contributed by atoms with Crippen molar-refractivity contribution in [1.82, 2.24) is 25.0 Å². The van der Waals surface area contributed by atoms with Gasteiger partial charge in [-0.1, -0.05) is 0 Å². The van der Waals surface area contributed by atoms with Crippen molar-refractivity contribution in [2.75, 3.05) is 50.4 Å². The number of pyridine rings is 1. The topological polar surface area (TPSA) is 113 Å². The molecule has 10 nitrogen and oxygen atoms in total. The van der Waals surface area contributed by atoms with Crippen molar-refractivity contribution in [3.05, 3.63) is 60.4 Å². The van der Waals surface area contributed by atoms with E-state index in [0.717, 1.165) is 36.9 Å². The number of nitrogens with zero attached hydrogens (tertiary/aromatic N) is 5. The molecule has 1 aliphatic rings. The summed E-state index contributed by atoms with van der Waals surface area (Å²) in [5.74, 6) is -1.67. The van der Waals surface area contributed by atoms with Crippen LogP contribution in [0.3, 0.4) is 0 Å². The van der Waals surface area contributed by atoms with Crippen LogP contribution in [-0.4, -0.2) is 82.9 Å². The maximum absolute atomic E-state index is 12.9. The summed E-state index contributed by atoms with van der Waals surface area (Å²) >= 11 is 0. The number of nitrogens with one attached hydrogen (secondary N) is 2. The molecule has 0 radical (unpaired) electrons. The van der Waals surface area contributed by atoms with Crippen LogP contribution < -0.4 is 15.4 Å². The molecule has 1 fully saturated rings. The van der Waals surface area contributed by atoms with Gasteiger partial charge in [-0.3, -0.25) is 19.5 Å². The fourth-order valence-electron chi connectivity index (χ4n) is 3.64. The summed E-state index contributed by atoms with van der Waals surface area (Å²) in [7, 11) is 1.97. The molecular weight excluding hydrogens is 491 g/mol. The van der Waals surface area contributed by atoms with Crippen molar-refractivity contribution in [1.29, 1.82) is 0 Å². The molecule has 13 heteroatoms. The van der Waals surface area contributed by atoms with Crippen molar-refractivity contribution in [3.8, 4) is 17.0 Å². The zero-order valence-electron chi connectivity index (χ0n) is 19.8. The maximum atomic E-state index is 12.9. The van der Waals surface area contributed by atoms with E-state index in [-0.39, 0.29) is 23.6 Å². The number of aromatic nitrogens is 3. The van der Waals surface area contributed by atoms with Gasteiger partial charge in [-0.25, -0.2) is 0 Å². The van der Waals surface area contributed by atoms with Crippen LogP contribution in [0.1, 0.15) is 10.4 Å². The number of carbonyl (C=O) groups is 2. The lowest BCUT2D eigenvalue weighted by molar-refractivity contribution is -0.274. The Hall–Kier alpha value is -4.10. The number of alkyl halides is 3. The Morgan fingerprint density at radius 2 is 1.81 bits per heavy atom. The van der Waals surface area contributed by atoms with Crippen molar-refractivity contribution in [2.24, 2.45) is 0 Å². The molecule has 37 heavy (non-hydrogen) atoms. The molecule has 2 aromatic heterocycles. The summed E-state index contributed by atoms with van der Waals surface area (Å²) in [6, 6.07) is 9.99. The number of piperazine rings is 1. The molecule has 2 amide bonds. The van der Waals surface area contributed by atoms with Gasteiger partial charge in [0.1, 0.15) is 0 Å². The van der Waals surface area contributed by atoms with Crippen LogP contribution in [0.25, 0.3) is 11.3 Å². The Morgan fingerprint density at radius 1 is 1.03 bits per heavy atom. The van der Waals surface area contributed by atoms with Gasteiger partial charge in [0.05, 0.1) is 17.9 Å². The number of likely N-dealkylation sites (N-methyl/N-ethyl adjacent to an activating group) is 1. The number of hydrogen-bond donors (Lipinski definition) is 2. The molecule has 1 aromatic carbocycles. The first-order valence-corrected chi connectivity index (χ1v) is 11.3. The molecule has 194 valence electrons. The van der Waals surface area contributed by atoms with Crippen molar-refractivity contribution in [2.45, 2.75) is 6.36 Å². The predicted octanol–water partition coefficient (Wildman–Crippen LogP) is 2.88. The molecule has 0 aliphatic carbocycles. The smallest absolute Gasteiger partial charge is 0.404 e. The van der Waals surface area contributed by atoms with Gasteiger partial charge in [-0.05, 0) is 49.5 Å². The average Bonchev–Trinajstić information content (AvgIpc) is 2.86. The highest BCUT2D eigenvalue weighted by molar-refractivity contribution is 6.05. The third-order valence-corrected chi connectivity index (χ3v) is 5.57. The summed E-state index contributed by atoms with van der Waals surface area (Å²) in [6.07, 6.45) is -1.74. The van der Waals surface area contributed by atoms with Crippen LogP contribution in [0.15, 0.2) is 54.9 Å². The Morgan fingerprint density at radius 3 is 2.46 bits per heavy atom. The number of halogens is 3. The van der Waals surface area contributed by atoms with Crippen molar-refractivity contribution in [3.63, 3.8) is 0 Å². The zero-order chi connectivity index (χ0) is 26.4. The molecule has 0 atom stereocenters. The summed E-state index contributed by atoms with van der Waals surface area (Å²) in [5, 5.41) is 13.0.